The third-order valence-electron chi connectivity index (χ3n) is 3.99. The molecule has 2 unspecified atom stereocenters. The first kappa shape index (κ1) is 17.4. The second kappa shape index (κ2) is 6.66. The Morgan fingerprint density at radius 3 is 2.55 bits per heavy atom. The third kappa shape index (κ3) is 3.87. The Labute approximate surface area is 132 Å². The average molecular weight is 346 g/mol. The van der Waals surface area contributed by atoms with E-state index >= 15 is 0 Å². The molecule has 2 atom stereocenters. The van der Waals surface area contributed by atoms with E-state index in [2.05, 4.69) is 10.0 Å². The summed E-state index contributed by atoms with van der Waals surface area (Å²) < 4.78 is 51.4. The van der Waals surface area contributed by atoms with Gasteiger partial charge in [-0.2, -0.15) is 0 Å². The molecule has 0 aromatic heterocycles. The lowest BCUT2D eigenvalue weighted by atomic mass is 9.96. The van der Waals surface area contributed by atoms with Gasteiger partial charge in [-0.25, -0.2) is 21.6 Å². The summed E-state index contributed by atoms with van der Waals surface area (Å²) in [5.41, 5.74) is 0. The Morgan fingerprint density at radius 2 is 1.91 bits per heavy atom. The van der Waals surface area contributed by atoms with Crippen LogP contribution in [0.1, 0.15) is 20.3 Å². The first-order valence-corrected chi connectivity index (χ1v) is 10.5. The second-order valence-corrected chi connectivity index (χ2v) is 9.57. The third-order valence-corrected chi connectivity index (χ3v) is 7.21. The smallest absolute Gasteiger partial charge is 0.240 e. The molecule has 1 fully saturated rings. The lowest BCUT2D eigenvalue weighted by Gasteiger charge is -2.30. The quantitative estimate of drug-likeness (QED) is 0.821. The highest BCUT2D eigenvalue weighted by atomic mass is 32.2. The second-order valence-electron chi connectivity index (χ2n) is 5.58. The standard InChI is InChI=1S/C14H22N2O4S2/c1-3-21(17,18)12-5-4-6-13(9-12)22(19,20)16-14-10-15-8-7-11(14)2/h4-6,9,11,14-16H,3,7-8,10H2,1-2H3. The fourth-order valence-corrected chi connectivity index (χ4v) is 4.81. The van der Waals surface area contributed by atoms with Gasteiger partial charge in [-0.3, -0.25) is 0 Å². The van der Waals surface area contributed by atoms with Crippen LogP contribution in [-0.4, -0.2) is 41.7 Å². The number of benzene rings is 1. The van der Waals surface area contributed by atoms with Crippen LogP contribution in [0.15, 0.2) is 34.1 Å². The van der Waals surface area contributed by atoms with Crippen LogP contribution in [0.25, 0.3) is 0 Å². The Bertz CT molecular complexity index is 729. The molecule has 0 radical (unpaired) electrons. The molecule has 0 bridgehead atoms. The van der Waals surface area contributed by atoms with Crippen molar-refractivity contribution in [3.05, 3.63) is 24.3 Å². The molecule has 0 amide bonds. The number of sulfonamides is 1. The minimum Gasteiger partial charge on any atom is -0.315 e. The van der Waals surface area contributed by atoms with Gasteiger partial charge < -0.3 is 5.32 Å². The summed E-state index contributed by atoms with van der Waals surface area (Å²) in [4.78, 5) is 0.0208. The lowest BCUT2D eigenvalue weighted by molar-refractivity contribution is 0.327. The minimum absolute atomic E-state index is 0.0141. The van der Waals surface area contributed by atoms with Crippen molar-refractivity contribution in [2.45, 2.75) is 36.1 Å². The summed E-state index contributed by atoms with van der Waals surface area (Å²) in [5, 5.41) is 3.16. The summed E-state index contributed by atoms with van der Waals surface area (Å²) in [6, 6.07) is 5.33. The molecular formula is C14H22N2O4S2. The van der Waals surface area contributed by atoms with Crippen molar-refractivity contribution in [1.82, 2.24) is 10.0 Å². The molecule has 1 aliphatic heterocycles. The first-order valence-electron chi connectivity index (χ1n) is 7.32. The van der Waals surface area contributed by atoms with E-state index in [1.54, 1.807) is 0 Å². The first-order chi connectivity index (χ1) is 10.3. The fraction of sp³-hybridized carbons (Fsp3) is 0.571. The molecule has 0 spiro atoms. The maximum atomic E-state index is 12.5. The molecule has 6 nitrogen and oxygen atoms in total. The minimum atomic E-state index is -3.74. The molecule has 1 aromatic carbocycles. The maximum absolute atomic E-state index is 12.5. The van der Waals surface area contributed by atoms with Gasteiger partial charge in [0.15, 0.2) is 9.84 Å². The van der Waals surface area contributed by atoms with Crippen molar-refractivity contribution in [1.29, 1.82) is 0 Å². The monoisotopic (exact) mass is 346 g/mol. The van der Waals surface area contributed by atoms with Crippen molar-refractivity contribution >= 4 is 19.9 Å². The van der Waals surface area contributed by atoms with Gasteiger partial charge in [-0.15, -0.1) is 0 Å². The van der Waals surface area contributed by atoms with E-state index in [1.165, 1.54) is 31.2 Å². The zero-order valence-corrected chi connectivity index (χ0v) is 14.4. The molecule has 8 heteroatoms. The highest BCUT2D eigenvalue weighted by Crippen LogP contribution is 2.19. The Balaban J connectivity index is 2.28. The van der Waals surface area contributed by atoms with Gasteiger partial charge >= 0.3 is 0 Å². The zero-order chi connectivity index (χ0) is 16.4. The molecule has 2 rings (SSSR count). The molecule has 1 aliphatic rings. The van der Waals surface area contributed by atoms with Crippen molar-refractivity contribution in [2.24, 2.45) is 5.92 Å². The van der Waals surface area contributed by atoms with Crippen LogP contribution in [0, 0.1) is 5.92 Å². The highest BCUT2D eigenvalue weighted by Gasteiger charge is 2.27. The normalized spacial score (nSPS) is 23.4. The SMILES string of the molecule is CCS(=O)(=O)c1cccc(S(=O)(=O)NC2CNCCC2C)c1. The zero-order valence-electron chi connectivity index (χ0n) is 12.7. The highest BCUT2D eigenvalue weighted by molar-refractivity contribution is 7.91. The van der Waals surface area contributed by atoms with Crippen LogP contribution in [-0.2, 0) is 19.9 Å². The molecule has 2 N–H and O–H groups in total. The predicted octanol–water partition coefficient (Wildman–Crippen LogP) is 0.757. The van der Waals surface area contributed by atoms with E-state index < -0.39 is 19.9 Å². The fourth-order valence-electron chi connectivity index (χ4n) is 2.42. The van der Waals surface area contributed by atoms with Crippen LogP contribution in [0.2, 0.25) is 0 Å². The van der Waals surface area contributed by atoms with Gasteiger partial charge in [0, 0.05) is 12.6 Å². The summed E-state index contributed by atoms with van der Waals surface area (Å²) in [6.07, 6.45) is 0.900. The summed E-state index contributed by atoms with van der Waals surface area (Å²) in [5.74, 6) is 0.173. The Morgan fingerprint density at radius 1 is 1.23 bits per heavy atom. The van der Waals surface area contributed by atoms with Gasteiger partial charge in [0.05, 0.1) is 15.5 Å². The molecule has 0 saturated carbocycles. The Hall–Kier alpha value is -0.960. The summed E-state index contributed by atoms with van der Waals surface area (Å²) in [7, 11) is -7.17. The van der Waals surface area contributed by atoms with Crippen LogP contribution < -0.4 is 10.0 Å². The number of hydrogen-bond acceptors (Lipinski definition) is 5. The van der Waals surface area contributed by atoms with E-state index in [0.717, 1.165) is 13.0 Å². The summed E-state index contributed by atoms with van der Waals surface area (Å²) in [6.45, 7) is 4.99. The predicted molar refractivity (Wildman–Crippen MR) is 84.9 cm³/mol. The number of piperidine rings is 1. The van der Waals surface area contributed by atoms with Gasteiger partial charge in [0.25, 0.3) is 0 Å². The largest absolute Gasteiger partial charge is 0.315 e. The van der Waals surface area contributed by atoms with Gasteiger partial charge in [-0.05, 0) is 37.1 Å². The number of nitrogens with one attached hydrogen (secondary N) is 2. The molecule has 1 aromatic rings. The van der Waals surface area contributed by atoms with E-state index in [-0.39, 0.29) is 27.5 Å². The van der Waals surface area contributed by atoms with Crippen molar-refractivity contribution in [3.8, 4) is 0 Å². The number of rotatable bonds is 5. The van der Waals surface area contributed by atoms with E-state index in [4.69, 9.17) is 0 Å². The van der Waals surface area contributed by atoms with Gasteiger partial charge in [0.1, 0.15) is 0 Å². The Kier molecular flexibility index (Phi) is 5.26. The molecule has 1 saturated heterocycles. The maximum Gasteiger partial charge on any atom is 0.240 e. The lowest BCUT2D eigenvalue weighted by Crippen LogP contribution is -2.50. The van der Waals surface area contributed by atoms with E-state index in [0.29, 0.717) is 6.54 Å². The van der Waals surface area contributed by atoms with Crippen molar-refractivity contribution < 1.29 is 16.8 Å². The van der Waals surface area contributed by atoms with Crippen LogP contribution in [0.3, 0.4) is 0 Å². The molecule has 1 heterocycles. The molecule has 124 valence electrons. The molecular weight excluding hydrogens is 324 g/mol. The van der Waals surface area contributed by atoms with Gasteiger partial charge in [-0.1, -0.05) is 19.9 Å². The molecule has 0 aliphatic carbocycles. The van der Waals surface area contributed by atoms with Crippen LogP contribution in [0.5, 0.6) is 0 Å². The molecule has 22 heavy (non-hydrogen) atoms. The van der Waals surface area contributed by atoms with Crippen LogP contribution >= 0.6 is 0 Å². The van der Waals surface area contributed by atoms with Gasteiger partial charge in [0.2, 0.25) is 10.0 Å². The van der Waals surface area contributed by atoms with Crippen molar-refractivity contribution in [2.75, 3.05) is 18.8 Å². The summed E-state index contributed by atoms with van der Waals surface area (Å²) >= 11 is 0. The van der Waals surface area contributed by atoms with E-state index in [9.17, 15) is 16.8 Å². The number of sulfone groups is 1. The number of hydrogen-bond donors (Lipinski definition) is 2. The van der Waals surface area contributed by atoms with Crippen molar-refractivity contribution in [3.63, 3.8) is 0 Å². The topological polar surface area (TPSA) is 92.3 Å². The van der Waals surface area contributed by atoms with E-state index in [1.807, 2.05) is 6.92 Å². The average Bonchev–Trinajstić information content (AvgIpc) is 2.49. The van der Waals surface area contributed by atoms with Crippen LogP contribution in [0.4, 0.5) is 0 Å².